The van der Waals surface area contributed by atoms with Crippen molar-refractivity contribution in [3.8, 4) is 0 Å². The average Bonchev–Trinajstić information content (AvgIpc) is 2.88. The first-order chi connectivity index (χ1) is 13.8. The molecule has 1 aliphatic rings. The molecule has 0 unspecified atom stereocenters. The lowest BCUT2D eigenvalue weighted by Crippen LogP contribution is -2.47. The predicted molar refractivity (Wildman–Crippen MR) is 108 cm³/mol. The zero-order chi connectivity index (χ0) is 21.2. The molecule has 1 fully saturated rings. The molecule has 5 amide bonds. The van der Waals surface area contributed by atoms with Crippen molar-refractivity contribution in [1.29, 1.82) is 0 Å². The lowest BCUT2D eigenvalue weighted by atomic mass is 10.1. The van der Waals surface area contributed by atoms with Crippen molar-refractivity contribution < 1.29 is 19.2 Å². The summed E-state index contributed by atoms with van der Waals surface area (Å²) in [5.74, 6) is -0.932. The zero-order valence-electron chi connectivity index (χ0n) is 16.9. The van der Waals surface area contributed by atoms with Crippen LogP contribution in [0, 0.1) is 0 Å². The number of hydrogen-bond acceptors (Lipinski definition) is 4. The van der Waals surface area contributed by atoms with Crippen LogP contribution in [0.2, 0.25) is 0 Å². The van der Waals surface area contributed by atoms with Gasteiger partial charge in [0, 0.05) is 31.1 Å². The molecule has 0 saturated carbocycles. The molecule has 0 aromatic heterocycles. The monoisotopic (exact) mass is 403 g/mol. The van der Waals surface area contributed by atoms with E-state index < -0.39 is 11.8 Å². The number of likely N-dealkylation sites (tertiary alicyclic amines) is 1. The fraction of sp³-hybridized carbons (Fsp3) is 0.500. The average molecular weight is 403 g/mol. The minimum absolute atomic E-state index is 0.0322. The molecule has 1 aromatic carbocycles. The molecule has 1 aliphatic heterocycles. The van der Waals surface area contributed by atoms with Crippen molar-refractivity contribution in [2.75, 3.05) is 13.1 Å². The Hall–Kier alpha value is -3.10. The van der Waals surface area contributed by atoms with Crippen molar-refractivity contribution in [3.05, 3.63) is 35.4 Å². The van der Waals surface area contributed by atoms with Crippen molar-refractivity contribution in [3.63, 3.8) is 0 Å². The van der Waals surface area contributed by atoms with Crippen LogP contribution in [-0.2, 0) is 16.1 Å². The minimum atomic E-state index is -0.461. The number of amides is 5. The number of urea groups is 1. The number of hydrazine groups is 1. The molecule has 1 saturated heterocycles. The van der Waals surface area contributed by atoms with Gasteiger partial charge in [0.05, 0.1) is 0 Å². The van der Waals surface area contributed by atoms with Gasteiger partial charge in [-0.05, 0) is 44.4 Å². The fourth-order valence-corrected chi connectivity index (χ4v) is 2.89. The Labute approximate surface area is 170 Å². The summed E-state index contributed by atoms with van der Waals surface area (Å²) in [6.45, 7) is 4.57. The Morgan fingerprint density at radius 3 is 2.45 bits per heavy atom. The number of carbonyl (C=O) groups excluding carboxylic acids is 4. The number of nitrogens with zero attached hydrogens (tertiary/aromatic N) is 1. The molecule has 9 nitrogen and oxygen atoms in total. The van der Waals surface area contributed by atoms with Gasteiger partial charge in [-0.15, -0.1) is 0 Å². The van der Waals surface area contributed by atoms with Gasteiger partial charge in [-0.2, -0.15) is 0 Å². The quantitative estimate of drug-likeness (QED) is 0.531. The number of benzene rings is 1. The zero-order valence-corrected chi connectivity index (χ0v) is 16.9. The smallest absolute Gasteiger partial charge is 0.315 e. The second-order valence-corrected chi connectivity index (χ2v) is 7.31. The Balaban J connectivity index is 1.76. The molecule has 158 valence electrons. The third-order valence-corrected chi connectivity index (χ3v) is 4.41. The fourth-order valence-electron chi connectivity index (χ4n) is 2.89. The summed E-state index contributed by atoms with van der Waals surface area (Å²) in [6.07, 6.45) is 3.17. The molecular weight excluding hydrogens is 374 g/mol. The molecule has 0 spiro atoms. The van der Waals surface area contributed by atoms with E-state index in [4.69, 9.17) is 0 Å². The van der Waals surface area contributed by atoms with Crippen molar-refractivity contribution in [2.45, 2.75) is 52.1 Å². The second kappa shape index (κ2) is 11.0. The van der Waals surface area contributed by atoms with Gasteiger partial charge in [0.1, 0.15) is 6.54 Å². The summed E-state index contributed by atoms with van der Waals surface area (Å²) in [5.41, 5.74) is 5.90. The Morgan fingerprint density at radius 1 is 1.03 bits per heavy atom. The van der Waals surface area contributed by atoms with Crippen LogP contribution in [-0.4, -0.2) is 47.8 Å². The van der Waals surface area contributed by atoms with Crippen LogP contribution < -0.4 is 21.5 Å². The van der Waals surface area contributed by atoms with Gasteiger partial charge in [0.25, 0.3) is 11.8 Å². The highest BCUT2D eigenvalue weighted by molar-refractivity contribution is 5.95. The van der Waals surface area contributed by atoms with Crippen molar-refractivity contribution >= 4 is 23.8 Å². The van der Waals surface area contributed by atoms with E-state index in [0.717, 1.165) is 24.8 Å². The number of hydrogen-bond donors (Lipinski definition) is 4. The summed E-state index contributed by atoms with van der Waals surface area (Å²) < 4.78 is 0. The third-order valence-electron chi connectivity index (χ3n) is 4.41. The molecule has 29 heavy (non-hydrogen) atoms. The summed E-state index contributed by atoms with van der Waals surface area (Å²) in [7, 11) is 0. The summed E-state index contributed by atoms with van der Waals surface area (Å²) in [4.78, 5) is 49.2. The third kappa shape index (κ3) is 7.81. The van der Waals surface area contributed by atoms with Crippen LogP contribution in [0.3, 0.4) is 0 Å². The van der Waals surface area contributed by atoms with E-state index in [-0.39, 0.29) is 24.5 Å². The largest absolute Gasteiger partial charge is 0.336 e. The molecule has 1 aromatic rings. The molecule has 9 heteroatoms. The first-order valence-electron chi connectivity index (χ1n) is 9.85. The molecule has 0 atom stereocenters. The van der Waals surface area contributed by atoms with Crippen molar-refractivity contribution in [2.24, 2.45) is 0 Å². The Kier molecular flexibility index (Phi) is 8.45. The van der Waals surface area contributed by atoms with Crippen LogP contribution >= 0.6 is 0 Å². The standard InChI is InChI=1S/C20H29N5O4/c1-14(2)22-20(29)21-12-15-7-9-16(10-8-15)19(28)24-23-17(26)13-25-11-5-3-4-6-18(25)27/h7-10,14H,3-6,11-13H2,1-2H3,(H,23,26)(H,24,28)(H2,21,22,29). The van der Waals surface area contributed by atoms with E-state index in [2.05, 4.69) is 21.5 Å². The van der Waals surface area contributed by atoms with Crippen molar-refractivity contribution in [1.82, 2.24) is 26.4 Å². The highest BCUT2D eigenvalue weighted by Gasteiger charge is 2.19. The number of nitrogens with one attached hydrogen (secondary N) is 4. The van der Waals surface area contributed by atoms with Gasteiger partial charge < -0.3 is 15.5 Å². The second-order valence-electron chi connectivity index (χ2n) is 7.31. The van der Waals surface area contributed by atoms with Crippen LogP contribution in [0.1, 0.15) is 55.5 Å². The van der Waals surface area contributed by atoms with E-state index >= 15 is 0 Å². The van der Waals surface area contributed by atoms with Gasteiger partial charge in [0.15, 0.2) is 0 Å². The van der Waals surface area contributed by atoms with Gasteiger partial charge >= 0.3 is 6.03 Å². The van der Waals surface area contributed by atoms with E-state index in [9.17, 15) is 19.2 Å². The highest BCUT2D eigenvalue weighted by Crippen LogP contribution is 2.10. The first kappa shape index (κ1) is 22.2. The molecule has 0 bridgehead atoms. The molecule has 0 radical (unpaired) electrons. The lowest BCUT2D eigenvalue weighted by Gasteiger charge is -2.19. The van der Waals surface area contributed by atoms with Gasteiger partial charge in [0.2, 0.25) is 5.91 Å². The van der Waals surface area contributed by atoms with Crippen LogP contribution in [0.15, 0.2) is 24.3 Å². The van der Waals surface area contributed by atoms with Crippen LogP contribution in [0.4, 0.5) is 4.79 Å². The van der Waals surface area contributed by atoms with Gasteiger partial charge in [-0.1, -0.05) is 18.6 Å². The SMILES string of the molecule is CC(C)NC(=O)NCc1ccc(C(=O)NNC(=O)CN2CCCCCC2=O)cc1. The van der Waals surface area contributed by atoms with Crippen LogP contribution in [0.25, 0.3) is 0 Å². The topological polar surface area (TPSA) is 120 Å². The van der Waals surface area contributed by atoms with E-state index in [0.29, 0.717) is 25.1 Å². The highest BCUT2D eigenvalue weighted by atomic mass is 16.2. The Morgan fingerprint density at radius 2 is 1.76 bits per heavy atom. The summed E-state index contributed by atoms with van der Waals surface area (Å²) >= 11 is 0. The van der Waals surface area contributed by atoms with E-state index in [1.165, 1.54) is 4.90 Å². The number of rotatable bonds is 6. The van der Waals surface area contributed by atoms with E-state index in [1.807, 2.05) is 13.8 Å². The molecule has 1 heterocycles. The normalized spacial score (nSPS) is 14.2. The molecular formula is C20H29N5O4. The predicted octanol–water partition coefficient (Wildman–Crippen LogP) is 1.06. The first-order valence-corrected chi connectivity index (χ1v) is 9.85. The van der Waals surface area contributed by atoms with E-state index in [1.54, 1.807) is 24.3 Å². The number of carbonyl (C=O) groups is 4. The van der Waals surface area contributed by atoms with Gasteiger partial charge in [-0.3, -0.25) is 25.2 Å². The lowest BCUT2D eigenvalue weighted by molar-refractivity contribution is -0.135. The maximum atomic E-state index is 12.2. The van der Waals surface area contributed by atoms with Crippen LogP contribution in [0.5, 0.6) is 0 Å². The summed E-state index contributed by atoms with van der Waals surface area (Å²) in [5, 5.41) is 5.45. The molecule has 0 aliphatic carbocycles. The molecule has 2 rings (SSSR count). The Bertz CT molecular complexity index is 733. The summed E-state index contributed by atoms with van der Waals surface area (Å²) in [6, 6.07) is 6.46. The maximum Gasteiger partial charge on any atom is 0.315 e. The minimum Gasteiger partial charge on any atom is -0.336 e. The van der Waals surface area contributed by atoms with Gasteiger partial charge in [-0.25, -0.2) is 4.79 Å². The molecule has 4 N–H and O–H groups in total. The maximum absolute atomic E-state index is 12.2.